The van der Waals surface area contributed by atoms with Crippen molar-refractivity contribution in [2.75, 3.05) is 21.3 Å². The molecule has 0 aromatic heterocycles. The average molecular weight is 377 g/mol. The van der Waals surface area contributed by atoms with E-state index in [0.29, 0.717) is 22.8 Å². The van der Waals surface area contributed by atoms with Gasteiger partial charge in [0.25, 0.3) is 5.91 Å². The topological polar surface area (TPSA) is 94.1 Å². The molecule has 0 bridgehead atoms. The normalized spacial score (nSPS) is 11.4. The van der Waals surface area contributed by atoms with Gasteiger partial charge in [-0.25, -0.2) is 9.18 Å². The van der Waals surface area contributed by atoms with Crippen LogP contribution in [0.3, 0.4) is 0 Å². The average Bonchev–Trinajstić information content (AvgIpc) is 2.66. The van der Waals surface area contributed by atoms with Crippen LogP contribution in [0.15, 0.2) is 30.3 Å². The minimum atomic E-state index is -1.27. The number of carbonyl (C=O) groups excluding carboxylic acids is 1. The Kier molecular flexibility index (Phi) is 6.23. The highest BCUT2D eigenvalue weighted by Crippen LogP contribution is 2.39. The predicted octanol–water partition coefficient (Wildman–Crippen LogP) is 3.04. The summed E-state index contributed by atoms with van der Waals surface area (Å²) in [5.41, 5.74) is 0.168. The summed E-state index contributed by atoms with van der Waals surface area (Å²) in [6.45, 7) is 1.71. The summed E-state index contributed by atoms with van der Waals surface area (Å²) < 4.78 is 29.9. The van der Waals surface area contributed by atoms with Crippen molar-refractivity contribution in [3.05, 3.63) is 52.8 Å². The van der Waals surface area contributed by atoms with Crippen LogP contribution in [-0.4, -0.2) is 38.3 Å². The largest absolute Gasteiger partial charge is 0.493 e. The highest BCUT2D eigenvalue weighted by atomic mass is 19.1. The maximum atomic E-state index is 14.1. The molecular formula is C19H20FNO6. The number of nitrogens with one attached hydrogen (secondary N) is 1. The molecule has 0 spiro atoms. The third-order valence-electron chi connectivity index (χ3n) is 4.00. The monoisotopic (exact) mass is 377 g/mol. The highest BCUT2D eigenvalue weighted by Gasteiger charge is 2.20. The maximum Gasteiger partial charge on any atom is 0.335 e. The Morgan fingerprint density at radius 3 is 2.07 bits per heavy atom. The minimum Gasteiger partial charge on any atom is -0.493 e. The van der Waals surface area contributed by atoms with Crippen LogP contribution in [0.2, 0.25) is 0 Å². The molecule has 0 saturated carbocycles. The van der Waals surface area contributed by atoms with Crippen LogP contribution in [-0.2, 0) is 0 Å². The van der Waals surface area contributed by atoms with E-state index in [9.17, 15) is 14.0 Å². The number of carbonyl (C=O) groups is 2. The van der Waals surface area contributed by atoms with E-state index < -0.39 is 23.7 Å². The van der Waals surface area contributed by atoms with Crippen molar-refractivity contribution >= 4 is 11.9 Å². The summed E-state index contributed by atoms with van der Waals surface area (Å²) in [7, 11) is 4.43. The quantitative estimate of drug-likeness (QED) is 0.770. The molecule has 2 aromatic carbocycles. The van der Waals surface area contributed by atoms with Gasteiger partial charge in [0, 0.05) is 0 Å². The van der Waals surface area contributed by atoms with Gasteiger partial charge in [0.05, 0.1) is 38.5 Å². The first-order valence-electron chi connectivity index (χ1n) is 7.96. The van der Waals surface area contributed by atoms with Crippen molar-refractivity contribution in [2.24, 2.45) is 0 Å². The maximum absolute atomic E-state index is 14.1. The summed E-state index contributed by atoms with van der Waals surface area (Å²) >= 11 is 0. The van der Waals surface area contributed by atoms with Crippen molar-refractivity contribution < 1.29 is 33.3 Å². The Hall–Kier alpha value is -3.29. The van der Waals surface area contributed by atoms with Crippen LogP contribution in [0.5, 0.6) is 17.2 Å². The molecule has 0 aliphatic heterocycles. The molecule has 1 atom stereocenters. The molecule has 0 aliphatic rings. The zero-order valence-electron chi connectivity index (χ0n) is 15.3. The summed E-state index contributed by atoms with van der Waals surface area (Å²) in [5, 5.41) is 11.5. The van der Waals surface area contributed by atoms with Crippen LogP contribution >= 0.6 is 0 Å². The minimum absolute atomic E-state index is 0.235. The number of halogens is 1. The zero-order chi connectivity index (χ0) is 20.1. The van der Waals surface area contributed by atoms with Crippen LogP contribution in [0.1, 0.15) is 39.2 Å². The summed E-state index contributed by atoms with van der Waals surface area (Å²) in [4.78, 5) is 23.2. The molecule has 2 N–H and O–H groups in total. The highest BCUT2D eigenvalue weighted by molar-refractivity contribution is 5.96. The first-order chi connectivity index (χ1) is 12.8. The standard InChI is InChI=1S/C19H20FNO6/c1-10(12-8-15(25-2)17(27-4)16(9-12)26-3)21-18(22)13-6-5-11(19(23)24)7-14(13)20/h5-10H,1-4H3,(H,21,22)(H,23,24). The Labute approximate surface area is 155 Å². The van der Waals surface area contributed by atoms with Crippen molar-refractivity contribution in [1.82, 2.24) is 5.32 Å². The summed E-state index contributed by atoms with van der Waals surface area (Å²) in [6, 6.07) is 5.96. The zero-order valence-corrected chi connectivity index (χ0v) is 15.3. The number of ether oxygens (including phenoxy) is 3. The Bertz CT molecular complexity index is 842. The number of rotatable bonds is 7. The molecule has 0 heterocycles. The fourth-order valence-electron chi connectivity index (χ4n) is 2.54. The Morgan fingerprint density at radius 1 is 1.04 bits per heavy atom. The van der Waals surface area contributed by atoms with Gasteiger partial charge in [-0.2, -0.15) is 0 Å². The number of hydrogen-bond acceptors (Lipinski definition) is 5. The Morgan fingerprint density at radius 2 is 1.63 bits per heavy atom. The van der Waals surface area contributed by atoms with E-state index in [1.165, 1.54) is 27.4 Å². The first kappa shape index (κ1) is 20.0. The van der Waals surface area contributed by atoms with E-state index in [-0.39, 0.29) is 11.1 Å². The number of hydrogen-bond donors (Lipinski definition) is 2. The van der Waals surface area contributed by atoms with Crippen LogP contribution < -0.4 is 19.5 Å². The van der Waals surface area contributed by atoms with E-state index in [1.807, 2.05) is 0 Å². The van der Waals surface area contributed by atoms with Crippen molar-refractivity contribution in [1.29, 1.82) is 0 Å². The molecule has 27 heavy (non-hydrogen) atoms. The van der Waals surface area contributed by atoms with E-state index in [1.54, 1.807) is 19.1 Å². The van der Waals surface area contributed by atoms with E-state index in [4.69, 9.17) is 19.3 Å². The lowest BCUT2D eigenvalue weighted by atomic mass is 10.1. The van der Waals surface area contributed by atoms with Crippen molar-refractivity contribution in [2.45, 2.75) is 13.0 Å². The SMILES string of the molecule is COc1cc(C(C)NC(=O)c2ccc(C(=O)O)cc2F)cc(OC)c1OC. The predicted molar refractivity (Wildman–Crippen MR) is 95.3 cm³/mol. The van der Waals surface area contributed by atoms with Gasteiger partial charge in [0.15, 0.2) is 11.5 Å². The Balaban J connectivity index is 2.28. The fourth-order valence-corrected chi connectivity index (χ4v) is 2.54. The molecular weight excluding hydrogens is 357 g/mol. The van der Waals surface area contributed by atoms with Gasteiger partial charge in [-0.1, -0.05) is 0 Å². The van der Waals surface area contributed by atoms with Crippen LogP contribution in [0.25, 0.3) is 0 Å². The molecule has 0 aliphatic carbocycles. The fraction of sp³-hybridized carbons (Fsp3) is 0.263. The number of amides is 1. The molecule has 2 aromatic rings. The lowest BCUT2D eigenvalue weighted by Gasteiger charge is -2.19. The molecule has 2 rings (SSSR count). The second kappa shape index (κ2) is 8.39. The molecule has 1 amide bonds. The summed E-state index contributed by atoms with van der Waals surface area (Å²) in [5.74, 6) is -1.60. The van der Waals surface area contributed by atoms with E-state index in [0.717, 1.165) is 12.1 Å². The molecule has 1 unspecified atom stereocenters. The smallest absolute Gasteiger partial charge is 0.335 e. The van der Waals surface area contributed by atoms with E-state index >= 15 is 0 Å². The van der Waals surface area contributed by atoms with Gasteiger partial charge in [-0.3, -0.25) is 4.79 Å². The number of aromatic carboxylic acids is 1. The van der Waals surface area contributed by atoms with Crippen molar-refractivity contribution in [3.8, 4) is 17.2 Å². The number of carboxylic acids is 1. The number of benzene rings is 2. The number of carboxylic acid groups (broad SMARTS) is 1. The number of methoxy groups -OCH3 is 3. The summed E-state index contributed by atoms with van der Waals surface area (Å²) in [6.07, 6.45) is 0. The van der Waals surface area contributed by atoms with Gasteiger partial charge in [0.2, 0.25) is 5.75 Å². The van der Waals surface area contributed by atoms with Crippen molar-refractivity contribution in [3.63, 3.8) is 0 Å². The molecule has 7 nitrogen and oxygen atoms in total. The van der Waals surface area contributed by atoms with Gasteiger partial charge in [-0.15, -0.1) is 0 Å². The lowest BCUT2D eigenvalue weighted by Crippen LogP contribution is -2.27. The molecule has 144 valence electrons. The van der Waals surface area contributed by atoms with Gasteiger partial charge < -0.3 is 24.6 Å². The van der Waals surface area contributed by atoms with Crippen LogP contribution in [0, 0.1) is 5.82 Å². The second-order valence-corrected chi connectivity index (χ2v) is 5.65. The third-order valence-corrected chi connectivity index (χ3v) is 4.00. The van der Waals surface area contributed by atoms with Gasteiger partial charge in [0.1, 0.15) is 5.82 Å². The molecule has 8 heteroatoms. The molecule has 0 saturated heterocycles. The lowest BCUT2D eigenvalue weighted by molar-refractivity contribution is 0.0695. The van der Waals surface area contributed by atoms with Crippen LogP contribution in [0.4, 0.5) is 4.39 Å². The van der Waals surface area contributed by atoms with Gasteiger partial charge >= 0.3 is 5.97 Å². The molecule has 0 radical (unpaired) electrons. The van der Waals surface area contributed by atoms with E-state index in [2.05, 4.69) is 5.32 Å². The van der Waals surface area contributed by atoms with Gasteiger partial charge in [-0.05, 0) is 42.8 Å². The first-order valence-corrected chi connectivity index (χ1v) is 7.96. The second-order valence-electron chi connectivity index (χ2n) is 5.65. The molecule has 0 fully saturated rings. The third kappa shape index (κ3) is 4.28.